The van der Waals surface area contributed by atoms with Crippen molar-refractivity contribution in [3.8, 4) is 0 Å². The molecule has 5 atom stereocenters. The van der Waals surface area contributed by atoms with Crippen LogP contribution in [0, 0.1) is 22.7 Å². The average molecular weight is 306 g/mol. The highest BCUT2D eigenvalue weighted by Crippen LogP contribution is 2.67. The predicted octanol–water partition coefficient (Wildman–Crippen LogP) is 3.59. The van der Waals surface area contributed by atoms with Crippen molar-refractivity contribution >= 4 is 22.6 Å². The molecule has 0 amide bonds. The molecule has 0 aromatic heterocycles. The van der Waals surface area contributed by atoms with Gasteiger partial charge in [0.15, 0.2) is 0 Å². The molecule has 3 nitrogen and oxygen atoms in total. The molecule has 4 rings (SSSR count). The Morgan fingerprint density at radius 2 is 1.95 bits per heavy atom. The lowest BCUT2D eigenvalue weighted by molar-refractivity contribution is -0.122. The molecule has 4 aliphatic rings. The maximum absolute atomic E-state index is 12.8. The number of hydrogen-bond donors (Lipinski definition) is 1. The Hall–Kier alpha value is -0.510. The SMILES string of the molecule is CC1(C)[C@H]2CC[C@@]1(C)[C@H](SC1=NN[C@H]3CCCC[C@H]13)C2=O. The summed E-state index contributed by atoms with van der Waals surface area (Å²) >= 11 is 1.81. The van der Waals surface area contributed by atoms with Crippen LogP contribution >= 0.6 is 11.8 Å². The Kier molecular flexibility index (Phi) is 3.02. The van der Waals surface area contributed by atoms with Crippen LogP contribution in [-0.2, 0) is 4.79 Å². The second-order valence-corrected chi connectivity index (χ2v) is 9.33. The van der Waals surface area contributed by atoms with Crippen molar-refractivity contribution in [3.05, 3.63) is 0 Å². The van der Waals surface area contributed by atoms with E-state index >= 15 is 0 Å². The van der Waals surface area contributed by atoms with Gasteiger partial charge >= 0.3 is 0 Å². The van der Waals surface area contributed by atoms with Crippen molar-refractivity contribution < 1.29 is 4.79 Å². The van der Waals surface area contributed by atoms with Crippen LogP contribution in [0.25, 0.3) is 0 Å². The largest absolute Gasteiger partial charge is 0.306 e. The van der Waals surface area contributed by atoms with Crippen LogP contribution in [0.4, 0.5) is 0 Å². The van der Waals surface area contributed by atoms with Crippen molar-refractivity contribution in [2.24, 2.45) is 27.8 Å². The summed E-state index contributed by atoms with van der Waals surface area (Å²) in [6, 6.07) is 0.538. The predicted molar refractivity (Wildman–Crippen MR) is 87.3 cm³/mol. The number of carbonyl (C=O) groups is 1. The van der Waals surface area contributed by atoms with Gasteiger partial charge in [0.05, 0.1) is 16.3 Å². The molecule has 0 spiro atoms. The minimum atomic E-state index is 0.132. The van der Waals surface area contributed by atoms with Crippen molar-refractivity contribution in [2.75, 3.05) is 0 Å². The second-order valence-electron chi connectivity index (χ2n) is 8.21. The van der Waals surface area contributed by atoms with Crippen LogP contribution in [0.15, 0.2) is 5.10 Å². The maximum Gasteiger partial charge on any atom is 0.150 e. The zero-order chi connectivity index (χ0) is 14.8. The van der Waals surface area contributed by atoms with Crippen LogP contribution in [-0.4, -0.2) is 22.1 Å². The van der Waals surface area contributed by atoms with E-state index < -0.39 is 0 Å². The number of hydrogen-bond acceptors (Lipinski definition) is 4. The van der Waals surface area contributed by atoms with Crippen LogP contribution in [0.3, 0.4) is 0 Å². The number of ketones is 1. The number of fused-ring (bicyclic) bond motifs is 3. The van der Waals surface area contributed by atoms with Crippen LogP contribution in [0.1, 0.15) is 59.3 Å². The number of Topliss-reactive ketones (excluding diaryl/α,β-unsaturated/α-hetero) is 1. The van der Waals surface area contributed by atoms with E-state index in [4.69, 9.17) is 0 Å². The average Bonchev–Trinajstić information content (AvgIpc) is 2.99. The monoisotopic (exact) mass is 306 g/mol. The fraction of sp³-hybridized carbons (Fsp3) is 0.882. The summed E-state index contributed by atoms with van der Waals surface area (Å²) in [4.78, 5) is 12.8. The van der Waals surface area contributed by atoms with Gasteiger partial charge in [-0.25, -0.2) is 0 Å². The highest BCUT2D eigenvalue weighted by atomic mass is 32.2. The Balaban J connectivity index is 1.57. The van der Waals surface area contributed by atoms with Crippen molar-refractivity contribution in [3.63, 3.8) is 0 Å². The summed E-state index contributed by atoms with van der Waals surface area (Å²) in [7, 11) is 0. The quantitative estimate of drug-likeness (QED) is 0.805. The molecule has 1 N–H and O–H groups in total. The van der Waals surface area contributed by atoms with E-state index in [0.29, 0.717) is 17.7 Å². The van der Waals surface area contributed by atoms with E-state index in [1.165, 1.54) is 37.1 Å². The van der Waals surface area contributed by atoms with Gasteiger partial charge in [-0.3, -0.25) is 4.79 Å². The van der Waals surface area contributed by atoms with Gasteiger partial charge in [-0.2, -0.15) is 5.10 Å². The van der Waals surface area contributed by atoms with Crippen molar-refractivity contribution in [1.29, 1.82) is 0 Å². The Bertz CT molecular complexity index is 515. The van der Waals surface area contributed by atoms with E-state index in [2.05, 4.69) is 31.3 Å². The fourth-order valence-electron chi connectivity index (χ4n) is 5.22. The Labute approximate surface area is 131 Å². The number of rotatable bonds is 1. The first-order valence-corrected chi connectivity index (χ1v) is 9.36. The van der Waals surface area contributed by atoms with Crippen LogP contribution < -0.4 is 5.43 Å². The Morgan fingerprint density at radius 1 is 1.19 bits per heavy atom. The standard InChI is InChI=1S/C17H26N2OS/c1-16(2)11-8-9-17(16,3)14(13(11)20)21-15-10-6-4-5-7-12(10)18-19-15/h10-12,14,18H,4-9H2,1-3H3/t10-,11-,12-,14+,17-/m0/s1. The van der Waals surface area contributed by atoms with Gasteiger partial charge in [-0.15, -0.1) is 0 Å². The van der Waals surface area contributed by atoms with Gasteiger partial charge in [0, 0.05) is 11.8 Å². The van der Waals surface area contributed by atoms with Crippen molar-refractivity contribution in [1.82, 2.24) is 5.43 Å². The molecule has 116 valence electrons. The third-order valence-corrected chi connectivity index (χ3v) is 8.76. The van der Waals surface area contributed by atoms with E-state index in [-0.39, 0.29) is 22.0 Å². The normalized spacial score (nSPS) is 47.2. The summed E-state index contributed by atoms with van der Waals surface area (Å²) in [5, 5.41) is 5.97. The van der Waals surface area contributed by atoms with E-state index in [0.717, 1.165) is 6.42 Å². The van der Waals surface area contributed by atoms with Gasteiger partial charge < -0.3 is 5.43 Å². The first kappa shape index (κ1) is 14.1. The molecule has 3 aliphatic carbocycles. The van der Waals surface area contributed by atoms with Gasteiger partial charge in [0.25, 0.3) is 0 Å². The molecule has 2 bridgehead atoms. The maximum atomic E-state index is 12.8. The topological polar surface area (TPSA) is 41.5 Å². The molecule has 0 aromatic carbocycles. The molecule has 1 aliphatic heterocycles. The first-order valence-electron chi connectivity index (χ1n) is 8.48. The van der Waals surface area contributed by atoms with Gasteiger partial charge in [0.1, 0.15) is 5.78 Å². The number of carbonyl (C=O) groups excluding carboxylic acids is 1. The van der Waals surface area contributed by atoms with Gasteiger partial charge in [-0.05, 0) is 36.5 Å². The molecule has 0 radical (unpaired) electrons. The smallest absolute Gasteiger partial charge is 0.150 e. The second kappa shape index (κ2) is 4.50. The molecule has 0 saturated heterocycles. The number of nitrogens with zero attached hydrogens (tertiary/aromatic N) is 1. The first-order chi connectivity index (χ1) is 9.95. The highest BCUT2D eigenvalue weighted by molar-refractivity contribution is 8.15. The zero-order valence-corrected chi connectivity index (χ0v) is 14.1. The minimum Gasteiger partial charge on any atom is -0.306 e. The molecule has 0 unspecified atom stereocenters. The molecule has 3 saturated carbocycles. The number of nitrogens with one attached hydrogen (secondary N) is 1. The third-order valence-electron chi connectivity index (χ3n) is 7.14. The van der Waals surface area contributed by atoms with Gasteiger partial charge in [-0.1, -0.05) is 45.4 Å². The number of hydrazone groups is 1. The lowest BCUT2D eigenvalue weighted by Gasteiger charge is -2.38. The summed E-state index contributed by atoms with van der Waals surface area (Å²) in [6.45, 7) is 6.96. The molecular weight excluding hydrogens is 280 g/mol. The Morgan fingerprint density at radius 3 is 2.67 bits per heavy atom. The van der Waals surface area contributed by atoms with Crippen LogP contribution in [0.2, 0.25) is 0 Å². The third kappa shape index (κ3) is 1.74. The van der Waals surface area contributed by atoms with Gasteiger partial charge in [0.2, 0.25) is 0 Å². The molecule has 4 heteroatoms. The molecule has 3 fully saturated rings. The molecular formula is C17H26N2OS. The summed E-state index contributed by atoms with van der Waals surface area (Å²) in [6.07, 6.45) is 7.40. The lowest BCUT2D eigenvalue weighted by atomic mass is 9.71. The summed E-state index contributed by atoms with van der Waals surface area (Å²) in [5.41, 5.74) is 3.63. The van der Waals surface area contributed by atoms with E-state index in [1.54, 1.807) is 0 Å². The zero-order valence-electron chi connectivity index (χ0n) is 13.3. The van der Waals surface area contributed by atoms with Crippen LogP contribution in [0.5, 0.6) is 0 Å². The highest BCUT2D eigenvalue weighted by Gasteiger charge is 2.66. The summed E-state index contributed by atoms with van der Waals surface area (Å²) < 4.78 is 0. The number of thioether (sulfide) groups is 1. The van der Waals surface area contributed by atoms with E-state index in [1.807, 2.05) is 11.8 Å². The molecule has 0 aromatic rings. The fourth-order valence-corrected chi connectivity index (χ4v) is 6.99. The molecule has 21 heavy (non-hydrogen) atoms. The lowest BCUT2D eigenvalue weighted by Crippen LogP contribution is -2.38. The van der Waals surface area contributed by atoms with E-state index in [9.17, 15) is 4.79 Å². The minimum absolute atomic E-state index is 0.132. The van der Waals surface area contributed by atoms with Crippen molar-refractivity contribution in [2.45, 2.75) is 70.6 Å². The summed E-state index contributed by atoms with van der Waals surface area (Å²) in [5.74, 6) is 1.35. The molecule has 1 heterocycles.